The molecule has 3 aromatic rings. The minimum Gasteiger partial charge on any atom is -0.322 e. The third-order valence-corrected chi connectivity index (χ3v) is 6.03. The fourth-order valence-corrected chi connectivity index (χ4v) is 4.03. The van der Waals surface area contributed by atoms with Crippen molar-refractivity contribution in [3.63, 3.8) is 0 Å². The van der Waals surface area contributed by atoms with Gasteiger partial charge in [-0.3, -0.25) is 9.52 Å². The lowest BCUT2D eigenvalue weighted by Crippen LogP contribution is -2.17. The Morgan fingerprint density at radius 1 is 0.967 bits per heavy atom. The Kier molecular flexibility index (Phi) is 6.19. The Labute approximate surface area is 176 Å². The molecule has 3 rings (SSSR count). The lowest BCUT2D eigenvalue weighted by Gasteiger charge is -2.14. The van der Waals surface area contributed by atoms with E-state index in [0.717, 1.165) is 11.1 Å². The van der Waals surface area contributed by atoms with Crippen LogP contribution in [0.5, 0.6) is 0 Å². The van der Waals surface area contributed by atoms with Gasteiger partial charge in [-0.2, -0.15) is 5.26 Å². The van der Waals surface area contributed by atoms with Gasteiger partial charge in [-0.1, -0.05) is 35.9 Å². The summed E-state index contributed by atoms with van der Waals surface area (Å²) in [6.07, 6.45) is 0.302. The van der Waals surface area contributed by atoms with Crippen molar-refractivity contribution in [2.75, 3.05) is 10.0 Å². The lowest BCUT2D eigenvalue weighted by atomic mass is 10.1. The highest BCUT2D eigenvalue weighted by Gasteiger charge is 2.18. The summed E-state index contributed by atoms with van der Waals surface area (Å²) in [5.41, 5.74) is 3.63. The van der Waals surface area contributed by atoms with Crippen molar-refractivity contribution in [1.82, 2.24) is 0 Å². The van der Waals surface area contributed by atoms with Gasteiger partial charge in [-0.05, 0) is 61.4 Å². The van der Waals surface area contributed by atoms with Crippen LogP contribution >= 0.6 is 0 Å². The largest absolute Gasteiger partial charge is 0.322 e. The van der Waals surface area contributed by atoms with Gasteiger partial charge in [0.15, 0.2) is 0 Å². The first-order valence-corrected chi connectivity index (χ1v) is 10.7. The zero-order valence-corrected chi connectivity index (χ0v) is 17.5. The monoisotopic (exact) mass is 419 g/mol. The minimum absolute atomic E-state index is 0.153. The summed E-state index contributed by atoms with van der Waals surface area (Å²) in [5.74, 6) is -0.350. The van der Waals surface area contributed by atoms with Gasteiger partial charge in [0.05, 0.1) is 23.1 Å². The van der Waals surface area contributed by atoms with Gasteiger partial charge in [0, 0.05) is 11.3 Å². The molecular formula is C23H21N3O3S. The summed E-state index contributed by atoms with van der Waals surface area (Å²) >= 11 is 0. The first-order chi connectivity index (χ1) is 14.3. The number of sulfonamides is 1. The third-order valence-electron chi connectivity index (χ3n) is 4.65. The van der Waals surface area contributed by atoms with Crippen LogP contribution in [0.3, 0.4) is 0 Å². The van der Waals surface area contributed by atoms with Crippen molar-refractivity contribution >= 4 is 27.3 Å². The van der Waals surface area contributed by atoms with Crippen molar-refractivity contribution in [2.45, 2.75) is 25.2 Å². The molecule has 0 bridgehead atoms. The molecule has 0 aliphatic heterocycles. The average molecular weight is 420 g/mol. The van der Waals surface area contributed by atoms with Crippen LogP contribution in [0.2, 0.25) is 0 Å². The zero-order valence-electron chi connectivity index (χ0n) is 16.6. The van der Waals surface area contributed by atoms with Gasteiger partial charge in [0.2, 0.25) is 0 Å². The second kappa shape index (κ2) is 8.80. The van der Waals surface area contributed by atoms with E-state index in [1.165, 1.54) is 0 Å². The van der Waals surface area contributed by atoms with Gasteiger partial charge in [0.25, 0.3) is 15.9 Å². The molecule has 6 nitrogen and oxygen atoms in total. The highest BCUT2D eigenvalue weighted by atomic mass is 32.2. The number of rotatable bonds is 6. The molecule has 7 heteroatoms. The molecule has 0 aliphatic rings. The number of benzene rings is 3. The molecule has 30 heavy (non-hydrogen) atoms. The lowest BCUT2D eigenvalue weighted by molar-refractivity contribution is 0.102. The van der Waals surface area contributed by atoms with Crippen molar-refractivity contribution < 1.29 is 13.2 Å². The van der Waals surface area contributed by atoms with Crippen LogP contribution in [-0.4, -0.2) is 14.3 Å². The van der Waals surface area contributed by atoms with Crippen LogP contribution in [0, 0.1) is 25.2 Å². The molecule has 0 atom stereocenters. The van der Waals surface area contributed by atoms with Crippen LogP contribution in [0.4, 0.5) is 11.4 Å². The predicted octanol–water partition coefficient (Wildman–Crippen LogP) is 4.42. The number of aryl methyl sites for hydroxylation is 1. The molecule has 0 aliphatic carbocycles. The first kappa shape index (κ1) is 21.1. The van der Waals surface area contributed by atoms with Crippen LogP contribution in [-0.2, 0) is 16.4 Å². The molecule has 0 heterocycles. The normalized spacial score (nSPS) is 10.8. The van der Waals surface area contributed by atoms with E-state index >= 15 is 0 Å². The Morgan fingerprint density at radius 2 is 1.63 bits per heavy atom. The van der Waals surface area contributed by atoms with E-state index in [0.29, 0.717) is 28.9 Å². The third kappa shape index (κ3) is 4.85. The number of carbonyl (C=O) groups excluding carboxylic acids is 1. The van der Waals surface area contributed by atoms with E-state index in [4.69, 9.17) is 5.26 Å². The summed E-state index contributed by atoms with van der Waals surface area (Å²) in [4.78, 5) is 12.9. The average Bonchev–Trinajstić information content (AvgIpc) is 2.71. The molecular weight excluding hydrogens is 398 g/mol. The maximum Gasteiger partial charge on any atom is 0.261 e. The van der Waals surface area contributed by atoms with Gasteiger partial charge in [0.1, 0.15) is 0 Å². The van der Waals surface area contributed by atoms with Crippen LogP contribution in [0.25, 0.3) is 0 Å². The van der Waals surface area contributed by atoms with Gasteiger partial charge >= 0.3 is 0 Å². The number of hydrogen-bond acceptors (Lipinski definition) is 4. The van der Waals surface area contributed by atoms with E-state index in [2.05, 4.69) is 16.1 Å². The summed E-state index contributed by atoms with van der Waals surface area (Å²) < 4.78 is 27.9. The summed E-state index contributed by atoms with van der Waals surface area (Å²) in [5, 5.41) is 11.5. The second-order valence-electron chi connectivity index (χ2n) is 6.88. The molecule has 0 saturated carbocycles. The van der Waals surface area contributed by atoms with E-state index in [1.54, 1.807) is 73.7 Å². The van der Waals surface area contributed by atoms with E-state index in [1.807, 2.05) is 6.92 Å². The highest BCUT2D eigenvalue weighted by molar-refractivity contribution is 7.92. The fraction of sp³-hybridized carbons (Fsp3) is 0.130. The quantitative estimate of drug-likeness (QED) is 0.618. The molecule has 0 unspecified atom stereocenters. The van der Waals surface area contributed by atoms with Gasteiger partial charge in [-0.25, -0.2) is 8.42 Å². The molecule has 0 spiro atoms. The molecule has 0 aromatic heterocycles. The van der Waals surface area contributed by atoms with Gasteiger partial charge in [-0.15, -0.1) is 0 Å². The summed E-state index contributed by atoms with van der Waals surface area (Å²) in [7, 11) is -3.77. The standard InChI is InChI=1S/C23H21N3O3S/c1-16-6-12-20(13-7-16)30(28,29)26-22-5-3-4-21(17(22)2)23(27)25-19-10-8-18(9-11-19)14-15-24/h3-13,26H,14H2,1-2H3,(H,25,27). The van der Waals surface area contributed by atoms with Crippen molar-refractivity contribution in [1.29, 1.82) is 5.26 Å². The molecule has 0 radical (unpaired) electrons. The number of nitrogens with zero attached hydrogens (tertiary/aromatic N) is 1. The number of hydrogen-bond donors (Lipinski definition) is 2. The molecule has 152 valence electrons. The molecule has 2 N–H and O–H groups in total. The Morgan fingerprint density at radius 3 is 2.27 bits per heavy atom. The van der Waals surface area contributed by atoms with Crippen molar-refractivity contribution in [3.8, 4) is 6.07 Å². The van der Waals surface area contributed by atoms with E-state index < -0.39 is 10.0 Å². The Hall–Kier alpha value is -3.63. The number of nitriles is 1. The topological polar surface area (TPSA) is 99.1 Å². The van der Waals surface area contributed by atoms with Crippen molar-refractivity contribution in [3.05, 3.63) is 89.0 Å². The second-order valence-corrected chi connectivity index (χ2v) is 8.57. The van der Waals surface area contributed by atoms with Crippen molar-refractivity contribution in [2.24, 2.45) is 0 Å². The number of amides is 1. The molecule has 0 fully saturated rings. The maximum absolute atomic E-state index is 12.7. The van der Waals surface area contributed by atoms with Crippen LogP contribution in [0.1, 0.15) is 27.0 Å². The summed E-state index contributed by atoms with van der Waals surface area (Å²) in [6.45, 7) is 3.57. The minimum atomic E-state index is -3.77. The first-order valence-electron chi connectivity index (χ1n) is 9.26. The molecule has 1 amide bonds. The number of nitrogens with one attached hydrogen (secondary N) is 2. The predicted molar refractivity (Wildman–Crippen MR) is 117 cm³/mol. The molecule has 0 saturated heterocycles. The fourth-order valence-electron chi connectivity index (χ4n) is 2.91. The van der Waals surface area contributed by atoms with Crippen LogP contribution in [0.15, 0.2) is 71.6 Å². The smallest absolute Gasteiger partial charge is 0.261 e. The summed E-state index contributed by atoms with van der Waals surface area (Å²) in [6, 6.07) is 20.5. The number of anilines is 2. The van der Waals surface area contributed by atoms with Gasteiger partial charge < -0.3 is 5.32 Å². The SMILES string of the molecule is Cc1ccc(S(=O)(=O)Nc2cccc(C(=O)Nc3ccc(CC#N)cc3)c2C)cc1. The molecule has 3 aromatic carbocycles. The zero-order chi connectivity index (χ0) is 21.7. The maximum atomic E-state index is 12.7. The van der Waals surface area contributed by atoms with Crippen LogP contribution < -0.4 is 10.0 Å². The van der Waals surface area contributed by atoms with E-state index in [-0.39, 0.29) is 10.8 Å². The highest BCUT2D eigenvalue weighted by Crippen LogP contribution is 2.24. The Bertz CT molecular complexity index is 1210. The number of carbonyl (C=O) groups is 1. The Balaban J connectivity index is 1.81. The van der Waals surface area contributed by atoms with E-state index in [9.17, 15) is 13.2 Å².